The molecular weight excluding hydrogens is 761 g/mol. The van der Waals surface area contributed by atoms with Gasteiger partial charge in [-0.1, -0.05) is 95.2 Å². The number of hydrogen-bond acceptors (Lipinski definition) is 10. The Morgan fingerprint density at radius 2 is 1.16 bits per heavy atom. The van der Waals surface area contributed by atoms with Gasteiger partial charge in [0.05, 0.1) is 25.9 Å². The van der Waals surface area contributed by atoms with Crippen molar-refractivity contribution in [3.05, 3.63) is 29.8 Å². The van der Waals surface area contributed by atoms with Crippen molar-refractivity contribution in [3.8, 4) is 5.75 Å². The zero-order valence-electron chi connectivity index (χ0n) is 39.1. The highest BCUT2D eigenvalue weighted by Gasteiger charge is 2.60. The van der Waals surface area contributed by atoms with E-state index in [1.54, 1.807) is 21.1 Å². The Hall–Kier alpha value is -0.689. The molecule has 2 aliphatic rings. The van der Waals surface area contributed by atoms with Crippen LogP contribution >= 0.6 is 0 Å². The van der Waals surface area contributed by atoms with Crippen LogP contribution in [0.2, 0.25) is 52.9 Å². The molecule has 1 aromatic rings. The third-order valence-corrected chi connectivity index (χ3v) is 28.5. The lowest BCUT2D eigenvalue weighted by Crippen LogP contribution is -2.71. The van der Waals surface area contributed by atoms with Crippen LogP contribution in [0.4, 0.5) is 0 Å². The van der Waals surface area contributed by atoms with Crippen molar-refractivity contribution in [2.75, 3.05) is 14.2 Å². The molecule has 13 heteroatoms. The molecule has 0 unspecified atom stereocenters. The van der Waals surface area contributed by atoms with E-state index in [0.29, 0.717) is 16.6 Å². The van der Waals surface area contributed by atoms with Gasteiger partial charge in [0, 0.05) is 7.11 Å². The van der Waals surface area contributed by atoms with Gasteiger partial charge in [-0.15, -0.1) is 0 Å². The van der Waals surface area contributed by atoms with E-state index in [0.717, 1.165) is 11.3 Å². The first-order valence-corrected chi connectivity index (χ1v) is 28.9. The van der Waals surface area contributed by atoms with Gasteiger partial charge in [0.25, 0.3) is 0 Å². The van der Waals surface area contributed by atoms with E-state index >= 15 is 0 Å². The number of ether oxygens (including phenoxy) is 6. The molecule has 1 aromatic carbocycles. The number of benzene rings is 1. The Labute approximate surface area is 344 Å². The van der Waals surface area contributed by atoms with Crippen LogP contribution in [-0.2, 0) is 43.6 Å². The van der Waals surface area contributed by atoms with Crippen molar-refractivity contribution in [2.45, 2.75) is 224 Å². The topological polar surface area (TPSA) is 103 Å². The standard InChI is InChI=1S/C43H82O10Si3/c1-27(2)56(28(3)4,29(5)6)53-39-36(51-54(18,19)41(9,10)11)35(34(46-17)30(7)48-39)50-40-38(52-55(20,21)42(12,13)14)43(15,44)37(31(8)49-40)47-26-32-22-24-33(45-16)25-23-32/h22-25,27-31,34-40,44H,26H2,1-21H3/t30-,31-,34+,35+,36-,37-,38-,39+,40+,43+/m1/s1. The van der Waals surface area contributed by atoms with Gasteiger partial charge in [-0.3, -0.25) is 0 Å². The number of rotatable bonds is 16. The smallest absolute Gasteiger partial charge is 0.203 e. The number of hydrogen-bond donors (Lipinski definition) is 1. The van der Waals surface area contributed by atoms with Gasteiger partial charge < -0.3 is 46.8 Å². The van der Waals surface area contributed by atoms with Gasteiger partial charge in [-0.2, -0.15) is 0 Å². The van der Waals surface area contributed by atoms with E-state index in [-0.39, 0.29) is 16.7 Å². The van der Waals surface area contributed by atoms with Gasteiger partial charge in [0.2, 0.25) is 8.32 Å². The lowest BCUT2D eigenvalue weighted by atomic mass is 9.86. The number of aliphatic hydroxyl groups is 1. The summed E-state index contributed by atoms with van der Waals surface area (Å²) in [4.78, 5) is 0. The van der Waals surface area contributed by atoms with Crippen molar-refractivity contribution in [3.63, 3.8) is 0 Å². The van der Waals surface area contributed by atoms with Crippen molar-refractivity contribution in [1.29, 1.82) is 0 Å². The van der Waals surface area contributed by atoms with Crippen LogP contribution < -0.4 is 4.74 Å². The van der Waals surface area contributed by atoms with Crippen LogP contribution in [0.1, 0.15) is 109 Å². The molecule has 0 radical (unpaired) electrons. The SMILES string of the molecule is COc1ccc(CO[C@@H]2[C@@H](C)O[C@@H](O[C@H]3[C@@H](OC)[C@@H](C)O[C@@H](O[Si](C(C)C)(C(C)C)C(C)C)[C@@H]3O[Si](C)(C)C(C)(C)C)[C@@H](O[Si](C)(C)C(C)(C)C)[C@@]2(C)O)cc1. The molecule has 2 saturated heterocycles. The first kappa shape index (κ1) is 49.7. The maximum atomic E-state index is 12.8. The second kappa shape index (κ2) is 18.5. The predicted molar refractivity (Wildman–Crippen MR) is 233 cm³/mol. The highest BCUT2D eigenvalue weighted by atomic mass is 28.4. The lowest BCUT2D eigenvalue weighted by molar-refractivity contribution is -0.363. The van der Waals surface area contributed by atoms with Crippen LogP contribution in [0.25, 0.3) is 0 Å². The van der Waals surface area contributed by atoms with Gasteiger partial charge in [0.1, 0.15) is 41.9 Å². The monoisotopic (exact) mass is 843 g/mol. The second-order valence-corrected chi connectivity index (χ2v) is 35.5. The lowest BCUT2D eigenvalue weighted by Gasteiger charge is -2.56. The fourth-order valence-corrected chi connectivity index (χ4v) is 16.2. The quantitative estimate of drug-likeness (QED) is 0.162. The van der Waals surface area contributed by atoms with Crippen molar-refractivity contribution in [1.82, 2.24) is 0 Å². The molecule has 0 spiro atoms. The van der Waals surface area contributed by atoms with Crippen LogP contribution in [0.5, 0.6) is 5.75 Å². The highest BCUT2D eigenvalue weighted by molar-refractivity contribution is 6.77. The van der Waals surface area contributed by atoms with Crippen molar-refractivity contribution in [2.24, 2.45) is 0 Å². The van der Waals surface area contributed by atoms with E-state index in [1.165, 1.54) is 0 Å². The molecule has 2 fully saturated rings. The zero-order chi connectivity index (χ0) is 43.0. The highest BCUT2D eigenvalue weighted by Crippen LogP contribution is 2.48. The van der Waals surface area contributed by atoms with Crippen LogP contribution in [0.3, 0.4) is 0 Å². The fourth-order valence-electron chi connectivity index (χ4n) is 8.21. The molecule has 10 nitrogen and oxygen atoms in total. The Morgan fingerprint density at radius 3 is 1.61 bits per heavy atom. The van der Waals surface area contributed by atoms with Crippen LogP contribution in [-0.4, -0.2) is 105 Å². The van der Waals surface area contributed by atoms with E-state index in [1.807, 2.05) is 38.1 Å². The van der Waals surface area contributed by atoms with Crippen LogP contribution in [0, 0.1) is 0 Å². The fraction of sp³-hybridized carbons (Fsp3) is 0.860. The molecule has 0 saturated carbocycles. The first-order chi connectivity index (χ1) is 25.5. The maximum absolute atomic E-state index is 12.8. The summed E-state index contributed by atoms with van der Waals surface area (Å²) >= 11 is 0. The normalized spacial score (nSPS) is 31.4. The molecule has 0 aliphatic carbocycles. The second-order valence-electron chi connectivity index (χ2n) is 20.6. The van der Waals surface area contributed by atoms with Gasteiger partial charge >= 0.3 is 0 Å². The summed E-state index contributed by atoms with van der Waals surface area (Å²) in [7, 11) is -4.14. The van der Waals surface area contributed by atoms with Gasteiger partial charge in [0.15, 0.2) is 29.2 Å². The summed E-state index contributed by atoms with van der Waals surface area (Å²) in [5, 5.41) is 12.5. The Bertz CT molecular complexity index is 1350. The molecule has 56 heavy (non-hydrogen) atoms. The zero-order valence-corrected chi connectivity index (χ0v) is 42.1. The third kappa shape index (κ3) is 10.6. The molecule has 2 heterocycles. The minimum Gasteiger partial charge on any atom is -0.497 e. The molecule has 0 amide bonds. The molecule has 3 rings (SSSR count). The summed E-state index contributed by atoms with van der Waals surface area (Å²) < 4.78 is 61.2. The van der Waals surface area contributed by atoms with Crippen LogP contribution in [0.15, 0.2) is 24.3 Å². The molecular formula is C43H82O10Si3. The summed E-state index contributed by atoms with van der Waals surface area (Å²) in [5.74, 6) is 0.767. The van der Waals surface area contributed by atoms with E-state index < -0.39 is 85.9 Å². The largest absolute Gasteiger partial charge is 0.497 e. The third-order valence-electron chi connectivity index (χ3n) is 13.5. The van der Waals surface area contributed by atoms with Crippen molar-refractivity contribution < 1.29 is 46.8 Å². The van der Waals surface area contributed by atoms with E-state index in [4.69, 9.17) is 41.7 Å². The minimum absolute atomic E-state index is 0.113. The summed E-state index contributed by atoms with van der Waals surface area (Å²) in [5.41, 5.74) is 0.413. The molecule has 10 atom stereocenters. The molecule has 326 valence electrons. The molecule has 1 N–H and O–H groups in total. The predicted octanol–water partition coefficient (Wildman–Crippen LogP) is 10.2. The van der Waals surface area contributed by atoms with E-state index in [9.17, 15) is 5.11 Å². The molecule has 0 aromatic heterocycles. The Balaban J connectivity index is 2.18. The first-order valence-electron chi connectivity index (χ1n) is 21.0. The average molecular weight is 843 g/mol. The van der Waals surface area contributed by atoms with Gasteiger partial charge in [-0.25, -0.2) is 0 Å². The van der Waals surface area contributed by atoms with E-state index in [2.05, 4.69) is 109 Å². The number of methoxy groups -OCH3 is 2. The minimum atomic E-state index is -2.53. The summed E-state index contributed by atoms with van der Waals surface area (Å²) in [6, 6.07) is 7.73. The summed E-state index contributed by atoms with van der Waals surface area (Å²) in [6.45, 7) is 41.8. The average Bonchev–Trinajstić information content (AvgIpc) is 3.05. The van der Waals surface area contributed by atoms with Gasteiger partial charge in [-0.05, 0) is 91.4 Å². The summed E-state index contributed by atoms with van der Waals surface area (Å²) in [6.07, 6.45) is -6.14. The Kier molecular flexibility index (Phi) is 16.4. The molecule has 2 aliphatic heterocycles. The molecule has 0 bridgehead atoms. The maximum Gasteiger partial charge on any atom is 0.203 e. The van der Waals surface area contributed by atoms with Crippen molar-refractivity contribution >= 4 is 25.0 Å². The Morgan fingerprint density at radius 1 is 0.679 bits per heavy atom.